The van der Waals surface area contributed by atoms with Crippen molar-refractivity contribution in [2.75, 3.05) is 0 Å². The quantitative estimate of drug-likeness (QED) is 0.735. The van der Waals surface area contributed by atoms with Crippen LogP contribution in [-0.4, -0.2) is 16.2 Å². The average molecular weight is 316 g/mol. The minimum absolute atomic E-state index is 0.0513. The van der Waals surface area contributed by atoms with E-state index in [0.717, 1.165) is 16.5 Å². The van der Waals surface area contributed by atoms with E-state index < -0.39 is 0 Å². The van der Waals surface area contributed by atoms with Gasteiger partial charge in [-0.05, 0) is 41.8 Å². The molecule has 0 bridgehead atoms. The summed E-state index contributed by atoms with van der Waals surface area (Å²) in [6.07, 6.45) is 7.83. The second kappa shape index (κ2) is 8.48. The van der Waals surface area contributed by atoms with Gasteiger partial charge in [0.15, 0.2) is 0 Å². The lowest BCUT2D eigenvalue weighted by molar-refractivity contribution is 0.188. The molecular weight excluding hydrogens is 294 g/mol. The van der Waals surface area contributed by atoms with Crippen molar-refractivity contribution in [1.82, 2.24) is 4.98 Å². The van der Waals surface area contributed by atoms with Crippen LogP contribution in [0.4, 0.5) is 0 Å². The molecule has 1 atom stereocenters. The highest BCUT2D eigenvalue weighted by molar-refractivity contribution is 9.10. The predicted octanol–water partition coefficient (Wildman–Crippen LogP) is 4.07. The predicted molar refractivity (Wildman–Crippen MR) is 76.7 cm³/mol. The fraction of sp³-hybridized carbons (Fsp3) is 0.643. The Balaban J connectivity index is 2.45. The van der Waals surface area contributed by atoms with Crippen LogP contribution in [0.3, 0.4) is 0 Å². The molecule has 3 nitrogen and oxygen atoms in total. The molecule has 4 heteroatoms. The maximum Gasteiger partial charge on any atom is 0.219 e. The first kappa shape index (κ1) is 15.4. The van der Waals surface area contributed by atoms with Crippen LogP contribution in [0, 0.1) is 0 Å². The first-order valence-electron chi connectivity index (χ1n) is 6.59. The molecule has 0 radical (unpaired) electrons. The molecule has 1 heterocycles. The van der Waals surface area contributed by atoms with Crippen LogP contribution in [0.2, 0.25) is 0 Å². The number of halogens is 1. The van der Waals surface area contributed by atoms with Crippen LogP contribution < -0.4 is 4.74 Å². The van der Waals surface area contributed by atoms with Crippen molar-refractivity contribution in [2.45, 2.75) is 58.7 Å². The van der Waals surface area contributed by atoms with Gasteiger partial charge in [0, 0.05) is 16.2 Å². The van der Waals surface area contributed by atoms with Crippen molar-refractivity contribution in [1.29, 1.82) is 0 Å². The summed E-state index contributed by atoms with van der Waals surface area (Å²) < 4.78 is 6.64. The van der Waals surface area contributed by atoms with Crippen molar-refractivity contribution < 1.29 is 9.84 Å². The van der Waals surface area contributed by atoms with Crippen LogP contribution in [0.1, 0.15) is 51.5 Å². The number of hydrogen-bond donors (Lipinski definition) is 1. The Kier molecular flexibility index (Phi) is 7.28. The number of nitrogens with zero attached hydrogens (tertiary/aromatic N) is 1. The van der Waals surface area contributed by atoms with Gasteiger partial charge in [-0.15, -0.1) is 0 Å². The molecule has 18 heavy (non-hydrogen) atoms. The lowest BCUT2D eigenvalue weighted by Gasteiger charge is -2.15. The zero-order valence-corrected chi connectivity index (χ0v) is 12.7. The first-order chi connectivity index (χ1) is 8.67. The van der Waals surface area contributed by atoms with E-state index >= 15 is 0 Å². The third-order valence-corrected chi connectivity index (χ3v) is 3.27. The Hall–Kier alpha value is -0.610. The summed E-state index contributed by atoms with van der Waals surface area (Å²) in [4.78, 5) is 4.20. The van der Waals surface area contributed by atoms with E-state index in [1.54, 1.807) is 6.20 Å². The summed E-state index contributed by atoms with van der Waals surface area (Å²) >= 11 is 3.33. The Morgan fingerprint density at radius 2 is 2.17 bits per heavy atom. The van der Waals surface area contributed by atoms with Gasteiger partial charge in [-0.3, -0.25) is 0 Å². The Labute approximate surface area is 118 Å². The Morgan fingerprint density at radius 1 is 1.39 bits per heavy atom. The fourth-order valence-electron chi connectivity index (χ4n) is 1.80. The van der Waals surface area contributed by atoms with Gasteiger partial charge >= 0.3 is 0 Å². The Morgan fingerprint density at radius 3 is 2.83 bits per heavy atom. The van der Waals surface area contributed by atoms with Crippen LogP contribution in [0.15, 0.2) is 16.7 Å². The van der Waals surface area contributed by atoms with E-state index in [-0.39, 0.29) is 12.7 Å². The molecule has 0 fully saturated rings. The molecule has 1 N–H and O–H groups in total. The molecule has 0 saturated carbocycles. The standard InChI is InChI=1S/C14H22BrNO2/c1-3-4-5-6-7-11(2)18-14-12(10-17)8-13(15)9-16-14/h8-9,11,17H,3-7,10H2,1-2H3. The van der Waals surface area contributed by atoms with Crippen LogP contribution in [-0.2, 0) is 6.61 Å². The lowest BCUT2D eigenvalue weighted by atomic mass is 10.1. The number of unbranched alkanes of at least 4 members (excludes halogenated alkanes) is 3. The molecular formula is C14H22BrNO2. The van der Waals surface area contributed by atoms with E-state index in [1.807, 2.05) is 6.07 Å². The van der Waals surface area contributed by atoms with Gasteiger partial charge in [-0.1, -0.05) is 26.2 Å². The zero-order chi connectivity index (χ0) is 13.4. The van der Waals surface area contributed by atoms with Gasteiger partial charge in [-0.25, -0.2) is 4.98 Å². The molecule has 0 aliphatic rings. The van der Waals surface area contributed by atoms with Gasteiger partial charge in [-0.2, -0.15) is 0 Å². The number of aliphatic hydroxyl groups excluding tert-OH is 1. The molecule has 1 aromatic heterocycles. The second-order valence-corrected chi connectivity index (χ2v) is 5.47. The van der Waals surface area contributed by atoms with Gasteiger partial charge in [0.2, 0.25) is 5.88 Å². The topological polar surface area (TPSA) is 42.4 Å². The summed E-state index contributed by atoms with van der Waals surface area (Å²) in [6, 6.07) is 1.84. The van der Waals surface area contributed by atoms with Gasteiger partial charge < -0.3 is 9.84 Å². The molecule has 0 spiro atoms. The number of rotatable bonds is 8. The number of aromatic nitrogens is 1. The van der Waals surface area contributed by atoms with Gasteiger partial charge in [0.05, 0.1) is 12.7 Å². The SMILES string of the molecule is CCCCCCC(C)Oc1ncc(Br)cc1CO. The van der Waals surface area contributed by atoms with E-state index in [4.69, 9.17) is 4.74 Å². The maximum absolute atomic E-state index is 9.26. The van der Waals surface area contributed by atoms with E-state index in [1.165, 1.54) is 25.7 Å². The minimum Gasteiger partial charge on any atom is -0.474 e. The lowest BCUT2D eigenvalue weighted by Crippen LogP contribution is -2.13. The van der Waals surface area contributed by atoms with Crippen molar-refractivity contribution in [3.63, 3.8) is 0 Å². The maximum atomic E-state index is 9.26. The summed E-state index contributed by atoms with van der Waals surface area (Å²) in [7, 11) is 0. The minimum atomic E-state index is -0.0513. The Bertz CT molecular complexity index is 358. The van der Waals surface area contributed by atoms with Crippen LogP contribution in [0.25, 0.3) is 0 Å². The second-order valence-electron chi connectivity index (χ2n) is 4.55. The third-order valence-electron chi connectivity index (χ3n) is 2.84. The smallest absolute Gasteiger partial charge is 0.219 e. The average Bonchev–Trinajstić information content (AvgIpc) is 2.37. The molecule has 0 saturated heterocycles. The highest BCUT2D eigenvalue weighted by Gasteiger charge is 2.09. The van der Waals surface area contributed by atoms with E-state index in [0.29, 0.717) is 5.88 Å². The summed E-state index contributed by atoms with van der Waals surface area (Å²) in [5.41, 5.74) is 0.727. The zero-order valence-electron chi connectivity index (χ0n) is 11.2. The van der Waals surface area contributed by atoms with E-state index in [9.17, 15) is 5.11 Å². The summed E-state index contributed by atoms with van der Waals surface area (Å²) in [5, 5.41) is 9.26. The molecule has 1 aromatic rings. The molecule has 0 aliphatic carbocycles. The number of ether oxygens (including phenoxy) is 1. The number of pyridine rings is 1. The monoisotopic (exact) mass is 315 g/mol. The molecule has 0 aliphatic heterocycles. The van der Waals surface area contributed by atoms with Gasteiger partial charge in [0.25, 0.3) is 0 Å². The summed E-state index contributed by atoms with van der Waals surface area (Å²) in [5.74, 6) is 0.545. The summed E-state index contributed by atoms with van der Waals surface area (Å²) in [6.45, 7) is 4.21. The molecule has 0 amide bonds. The first-order valence-corrected chi connectivity index (χ1v) is 7.38. The number of hydrogen-bond acceptors (Lipinski definition) is 3. The largest absolute Gasteiger partial charge is 0.474 e. The van der Waals surface area contributed by atoms with Crippen molar-refractivity contribution in [3.8, 4) is 5.88 Å². The van der Waals surface area contributed by atoms with Crippen LogP contribution in [0.5, 0.6) is 5.88 Å². The molecule has 102 valence electrons. The number of aliphatic hydroxyl groups is 1. The third kappa shape index (κ3) is 5.36. The normalized spacial score (nSPS) is 12.4. The molecule has 1 unspecified atom stereocenters. The highest BCUT2D eigenvalue weighted by atomic mass is 79.9. The van der Waals surface area contributed by atoms with Crippen LogP contribution >= 0.6 is 15.9 Å². The van der Waals surface area contributed by atoms with Crippen molar-refractivity contribution >= 4 is 15.9 Å². The van der Waals surface area contributed by atoms with Crippen molar-refractivity contribution in [3.05, 3.63) is 22.3 Å². The highest BCUT2D eigenvalue weighted by Crippen LogP contribution is 2.22. The van der Waals surface area contributed by atoms with Crippen molar-refractivity contribution in [2.24, 2.45) is 0 Å². The molecule has 0 aromatic carbocycles. The fourth-order valence-corrected chi connectivity index (χ4v) is 2.17. The van der Waals surface area contributed by atoms with Gasteiger partial charge in [0.1, 0.15) is 0 Å². The molecule has 1 rings (SSSR count). The van der Waals surface area contributed by atoms with E-state index in [2.05, 4.69) is 34.8 Å².